The summed E-state index contributed by atoms with van der Waals surface area (Å²) in [5, 5.41) is 0. The zero-order chi connectivity index (χ0) is 30.0. The van der Waals surface area contributed by atoms with E-state index in [4.69, 9.17) is 9.47 Å². The van der Waals surface area contributed by atoms with Crippen LogP contribution in [0.3, 0.4) is 0 Å². The van der Waals surface area contributed by atoms with Gasteiger partial charge in [0.1, 0.15) is 0 Å². The zero-order valence-electron chi connectivity index (χ0n) is 24.3. The Morgan fingerprint density at radius 3 is 1.31 bits per heavy atom. The normalized spacial score (nSPS) is 30.1. The van der Waals surface area contributed by atoms with Gasteiger partial charge in [0, 0.05) is 25.7 Å². The second kappa shape index (κ2) is 12.7. The summed E-state index contributed by atoms with van der Waals surface area (Å²) in [5.41, 5.74) is 0.804. The molecule has 0 aromatic heterocycles. The van der Waals surface area contributed by atoms with E-state index in [1.165, 1.54) is 9.80 Å². The molecule has 4 fully saturated rings. The van der Waals surface area contributed by atoms with Crippen molar-refractivity contribution in [3.63, 3.8) is 0 Å². The maximum Gasteiger partial charge on any atom is 0.309 e. The fourth-order valence-corrected chi connectivity index (χ4v) is 6.86. The van der Waals surface area contributed by atoms with Gasteiger partial charge < -0.3 is 19.3 Å². The first-order valence-corrected chi connectivity index (χ1v) is 15.1. The lowest BCUT2D eigenvalue weighted by molar-refractivity contribution is -0.920. The minimum atomic E-state index is -0.501. The Morgan fingerprint density at radius 1 is 0.667 bits per heavy atom. The molecule has 2 N–H and O–H groups in total. The predicted molar refractivity (Wildman–Crippen MR) is 148 cm³/mol. The smallest absolute Gasteiger partial charge is 0.309 e. The van der Waals surface area contributed by atoms with Gasteiger partial charge >= 0.3 is 11.9 Å². The van der Waals surface area contributed by atoms with Gasteiger partial charge in [-0.2, -0.15) is 0 Å². The maximum absolute atomic E-state index is 13.3. The van der Waals surface area contributed by atoms with E-state index in [9.17, 15) is 28.8 Å². The molecule has 5 rings (SSSR count). The van der Waals surface area contributed by atoms with Crippen LogP contribution in [0, 0.1) is 11.8 Å². The Labute approximate surface area is 244 Å². The number of benzene rings is 1. The van der Waals surface area contributed by atoms with Crippen molar-refractivity contribution in [1.82, 2.24) is 0 Å². The highest BCUT2D eigenvalue weighted by atomic mass is 16.5. The van der Waals surface area contributed by atoms with E-state index >= 15 is 0 Å². The minimum absolute atomic E-state index is 0.0976. The molecule has 12 heteroatoms. The highest BCUT2D eigenvalue weighted by Crippen LogP contribution is 2.28. The summed E-state index contributed by atoms with van der Waals surface area (Å²) in [5.74, 6) is -1.87. The number of esters is 2. The van der Waals surface area contributed by atoms with Crippen LogP contribution in [0.15, 0.2) is 24.3 Å². The van der Waals surface area contributed by atoms with E-state index in [2.05, 4.69) is 0 Å². The van der Waals surface area contributed by atoms with E-state index in [-0.39, 0.29) is 60.2 Å². The Kier molecular flexibility index (Phi) is 9.02. The van der Waals surface area contributed by atoms with Gasteiger partial charge in [0.05, 0.1) is 75.4 Å². The number of amides is 4. The van der Waals surface area contributed by atoms with Crippen molar-refractivity contribution >= 4 is 46.9 Å². The third-order valence-corrected chi connectivity index (χ3v) is 9.14. The number of nitrogens with one attached hydrogen (secondary N) is 2. The first kappa shape index (κ1) is 29.8. The van der Waals surface area contributed by atoms with Crippen LogP contribution in [0.25, 0.3) is 0 Å². The number of carbonyl (C=O) groups excluding carboxylic acids is 6. The van der Waals surface area contributed by atoms with Crippen molar-refractivity contribution in [2.45, 2.75) is 64.5 Å². The highest BCUT2D eigenvalue weighted by Gasteiger charge is 2.49. The number of ether oxygens (including phenoxy) is 2. The van der Waals surface area contributed by atoms with E-state index in [0.717, 1.165) is 9.80 Å². The molecular formula is C30H40N4O8+2. The van der Waals surface area contributed by atoms with Gasteiger partial charge in [-0.25, -0.2) is 9.80 Å². The lowest BCUT2D eigenvalue weighted by Gasteiger charge is -2.31. The quantitative estimate of drug-likeness (QED) is 0.283. The summed E-state index contributed by atoms with van der Waals surface area (Å²) in [6.07, 6.45) is 2.66. The topological polar surface area (TPSA) is 136 Å². The number of carbonyl (C=O) groups is 6. The number of hydrogen-bond acceptors (Lipinski definition) is 8. The molecule has 0 saturated carbocycles. The molecule has 1 aromatic carbocycles. The lowest BCUT2D eigenvalue weighted by atomic mass is 9.95. The van der Waals surface area contributed by atoms with Gasteiger partial charge in [-0.15, -0.1) is 0 Å². The van der Waals surface area contributed by atoms with Gasteiger partial charge in [-0.3, -0.25) is 28.8 Å². The first-order chi connectivity index (χ1) is 20.2. The average Bonchev–Trinajstić information content (AvgIpc) is 3.46. The molecular weight excluding hydrogens is 544 g/mol. The number of quaternary nitrogens is 2. The minimum Gasteiger partial charge on any atom is -0.466 e. The molecule has 2 atom stereocenters. The van der Waals surface area contributed by atoms with Crippen molar-refractivity contribution in [1.29, 1.82) is 0 Å². The molecule has 0 bridgehead atoms. The molecule has 42 heavy (non-hydrogen) atoms. The third-order valence-electron chi connectivity index (χ3n) is 9.14. The fraction of sp³-hybridized carbons (Fsp3) is 0.600. The zero-order valence-corrected chi connectivity index (χ0v) is 24.3. The number of nitrogens with zero attached hydrogens (tertiary/aromatic N) is 2. The Balaban J connectivity index is 1.19. The van der Waals surface area contributed by atoms with E-state index in [0.29, 0.717) is 76.5 Å². The monoisotopic (exact) mass is 584 g/mol. The van der Waals surface area contributed by atoms with Crippen LogP contribution in [-0.4, -0.2) is 87.0 Å². The second-order valence-electron chi connectivity index (χ2n) is 11.5. The summed E-state index contributed by atoms with van der Waals surface area (Å²) in [6, 6.07) is 5.39. The van der Waals surface area contributed by atoms with E-state index in [1.807, 2.05) is 0 Å². The van der Waals surface area contributed by atoms with Crippen molar-refractivity contribution in [3.8, 4) is 0 Å². The molecule has 4 amide bonds. The Hall–Kier alpha value is -3.64. The molecule has 0 aliphatic carbocycles. The average molecular weight is 585 g/mol. The number of rotatable bonds is 8. The molecule has 0 spiro atoms. The van der Waals surface area contributed by atoms with Crippen LogP contribution in [-0.2, 0) is 38.2 Å². The van der Waals surface area contributed by atoms with Crippen LogP contribution in [0.4, 0.5) is 11.4 Å². The number of anilines is 2. The molecule has 0 radical (unpaired) electrons. The standard InChI is InChI=1S/C30H38N4O8/c1-3-41-29(39)19-9-13-31(14-10-19)23-17-25(35)33(27(23)37)21-5-7-22(8-6-21)34-26(36)18-24(28(34)38)32-15-11-20(12-16-32)30(40)42-4-2/h5-8,19-20,23-24H,3-4,9-18H2,1-2H3/p+2/t23-,24+. The molecule has 4 saturated heterocycles. The summed E-state index contributed by atoms with van der Waals surface area (Å²) >= 11 is 0. The molecule has 4 aliphatic rings. The summed E-state index contributed by atoms with van der Waals surface area (Å²) in [7, 11) is 0. The van der Waals surface area contributed by atoms with Crippen molar-refractivity contribution in [2.75, 3.05) is 49.2 Å². The van der Waals surface area contributed by atoms with Gasteiger partial charge in [0.25, 0.3) is 11.8 Å². The number of piperidine rings is 2. The Morgan fingerprint density at radius 2 is 1.00 bits per heavy atom. The summed E-state index contributed by atoms with van der Waals surface area (Å²) in [4.78, 5) is 81.1. The van der Waals surface area contributed by atoms with E-state index in [1.54, 1.807) is 38.1 Å². The van der Waals surface area contributed by atoms with Crippen LogP contribution >= 0.6 is 0 Å². The SMILES string of the molecule is CCOC(=O)C1CC[NH+]([C@@H]2CC(=O)N(c3ccc(N4C(=O)C[C@H]([NH+]5CCC(C(=O)OCC)CC5)C4=O)cc3)C2=O)CC1. The molecule has 12 nitrogen and oxygen atoms in total. The van der Waals surface area contributed by atoms with Gasteiger partial charge in [0.15, 0.2) is 12.1 Å². The first-order valence-electron chi connectivity index (χ1n) is 15.1. The lowest BCUT2D eigenvalue weighted by Crippen LogP contribution is -3.17. The second-order valence-corrected chi connectivity index (χ2v) is 11.5. The van der Waals surface area contributed by atoms with Gasteiger partial charge in [-0.05, 0) is 38.1 Å². The van der Waals surface area contributed by atoms with Crippen molar-refractivity contribution < 1.29 is 48.0 Å². The fourth-order valence-electron chi connectivity index (χ4n) is 6.86. The molecule has 1 aromatic rings. The van der Waals surface area contributed by atoms with Crippen LogP contribution in [0.5, 0.6) is 0 Å². The summed E-state index contributed by atoms with van der Waals surface area (Å²) in [6.45, 7) is 6.70. The molecule has 226 valence electrons. The van der Waals surface area contributed by atoms with Crippen LogP contribution in [0.1, 0.15) is 52.4 Å². The van der Waals surface area contributed by atoms with Gasteiger partial charge in [0.2, 0.25) is 11.8 Å². The largest absolute Gasteiger partial charge is 0.466 e. The van der Waals surface area contributed by atoms with Crippen LogP contribution in [0.2, 0.25) is 0 Å². The van der Waals surface area contributed by atoms with Crippen LogP contribution < -0.4 is 19.6 Å². The van der Waals surface area contributed by atoms with E-state index < -0.39 is 12.1 Å². The highest BCUT2D eigenvalue weighted by molar-refractivity contribution is 6.23. The maximum atomic E-state index is 13.3. The van der Waals surface area contributed by atoms with Crippen molar-refractivity contribution in [3.05, 3.63) is 24.3 Å². The van der Waals surface area contributed by atoms with Gasteiger partial charge in [-0.1, -0.05) is 0 Å². The third kappa shape index (κ3) is 5.82. The predicted octanol–water partition coefficient (Wildman–Crippen LogP) is -1.33. The molecule has 4 heterocycles. The number of likely N-dealkylation sites (tertiary alicyclic amines) is 2. The number of hydrogen-bond donors (Lipinski definition) is 2. The molecule has 4 aliphatic heterocycles. The number of imide groups is 2. The summed E-state index contributed by atoms with van der Waals surface area (Å²) < 4.78 is 10.3. The molecule has 0 unspecified atom stereocenters. The Bertz CT molecular complexity index is 1140. The van der Waals surface area contributed by atoms with Crippen molar-refractivity contribution in [2.24, 2.45) is 11.8 Å².